The van der Waals surface area contributed by atoms with E-state index in [0.29, 0.717) is 27.4 Å². The Morgan fingerprint density at radius 3 is 2.80 bits per heavy atom. The molecule has 1 aromatic heterocycles. The number of nitrogens with two attached hydrogens (primary N) is 1. The van der Waals surface area contributed by atoms with E-state index >= 15 is 0 Å². The second-order valence-corrected chi connectivity index (χ2v) is 7.59. The molecule has 25 heavy (non-hydrogen) atoms. The van der Waals surface area contributed by atoms with E-state index in [0.717, 1.165) is 17.8 Å². The van der Waals surface area contributed by atoms with Crippen LogP contribution < -0.4 is 11.1 Å². The number of thiazole rings is 1. The van der Waals surface area contributed by atoms with Gasteiger partial charge in [-0.25, -0.2) is 9.37 Å². The lowest BCUT2D eigenvalue weighted by atomic mass is 10.1. The molecule has 132 valence electrons. The predicted molar refractivity (Wildman–Crippen MR) is 94.9 cm³/mol. The highest BCUT2D eigenvalue weighted by atomic mass is 35.5. The first-order valence-electron chi connectivity index (χ1n) is 7.94. The zero-order valence-corrected chi connectivity index (χ0v) is 14.9. The van der Waals surface area contributed by atoms with Crippen molar-refractivity contribution >= 4 is 34.8 Å². The molecule has 1 saturated heterocycles. The van der Waals surface area contributed by atoms with Crippen LogP contribution in [0.2, 0.25) is 5.02 Å². The SMILES string of the molecule is NC(=O)c1cnc(-c2cc(F)cc(Cl)c2)s1.O=C1CC2CCCC2N1. The topological polar surface area (TPSA) is 85.1 Å². The molecule has 4 rings (SSSR count). The van der Waals surface area contributed by atoms with Crippen LogP contribution in [0, 0.1) is 11.7 Å². The molecule has 8 heteroatoms. The third kappa shape index (κ3) is 4.35. The van der Waals surface area contributed by atoms with E-state index < -0.39 is 11.7 Å². The number of nitrogens with zero attached hydrogens (tertiary/aromatic N) is 1. The van der Waals surface area contributed by atoms with E-state index in [1.54, 1.807) is 6.07 Å². The van der Waals surface area contributed by atoms with Crippen molar-refractivity contribution in [3.05, 3.63) is 40.1 Å². The predicted octanol–water partition coefficient (Wildman–Crippen LogP) is 3.38. The smallest absolute Gasteiger partial charge is 0.260 e. The van der Waals surface area contributed by atoms with Gasteiger partial charge in [0.05, 0.1) is 6.20 Å². The molecule has 5 nitrogen and oxygen atoms in total. The molecule has 2 aromatic rings. The van der Waals surface area contributed by atoms with Crippen LogP contribution in [0.25, 0.3) is 10.6 Å². The quantitative estimate of drug-likeness (QED) is 0.836. The van der Waals surface area contributed by atoms with Crippen molar-refractivity contribution in [2.75, 3.05) is 0 Å². The molecule has 1 aromatic carbocycles. The fourth-order valence-electron chi connectivity index (χ4n) is 3.17. The zero-order chi connectivity index (χ0) is 18.0. The Morgan fingerprint density at radius 2 is 2.16 bits per heavy atom. The molecule has 1 aliphatic carbocycles. The zero-order valence-electron chi connectivity index (χ0n) is 13.3. The molecule has 1 aliphatic heterocycles. The Hall–Kier alpha value is -1.99. The summed E-state index contributed by atoms with van der Waals surface area (Å²) in [5.41, 5.74) is 5.63. The van der Waals surface area contributed by atoms with Gasteiger partial charge in [-0.3, -0.25) is 9.59 Å². The van der Waals surface area contributed by atoms with E-state index in [2.05, 4.69) is 10.3 Å². The highest BCUT2D eigenvalue weighted by Crippen LogP contribution is 2.32. The summed E-state index contributed by atoms with van der Waals surface area (Å²) < 4.78 is 13.1. The summed E-state index contributed by atoms with van der Waals surface area (Å²) in [6.45, 7) is 0. The standard InChI is InChI=1S/C10H6ClFN2OS.C7H11NO/c11-6-1-5(2-7(12)3-6)10-14-4-8(16-10)9(13)15;9-7-4-5-2-1-3-6(5)8-7/h1-4H,(H2,13,15);5-6H,1-4H2,(H,8,9). The van der Waals surface area contributed by atoms with E-state index in [9.17, 15) is 14.0 Å². The maximum absolute atomic E-state index is 13.1. The first-order valence-corrected chi connectivity index (χ1v) is 9.13. The Bertz CT molecular complexity index is 777. The highest BCUT2D eigenvalue weighted by molar-refractivity contribution is 7.16. The summed E-state index contributed by atoms with van der Waals surface area (Å²) in [6.07, 6.45) is 5.96. The maximum Gasteiger partial charge on any atom is 0.260 e. The maximum atomic E-state index is 13.1. The average molecular weight is 382 g/mol. The van der Waals surface area contributed by atoms with Gasteiger partial charge in [0.2, 0.25) is 5.91 Å². The molecular weight excluding hydrogens is 365 g/mol. The van der Waals surface area contributed by atoms with Crippen LogP contribution in [0.15, 0.2) is 24.4 Å². The Balaban J connectivity index is 0.000000170. The second-order valence-electron chi connectivity index (χ2n) is 6.12. The van der Waals surface area contributed by atoms with Gasteiger partial charge in [-0.05, 0) is 37.0 Å². The Kier molecular flexibility index (Phi) is 5.34. The number of hydrogen-bond acceptors (Lipinski definition) is 4. The molecule has 2 amide bonds. The molecule has 0 radical (unpaired) electrons. The number of hydrogen-bond donors (Lipinski definition) is 2. The van der Waals surface area contributed by atoms with Gasteiger partial charge in [0.25, 0.3) is 5.91 Å². The average Bonchev–Trinajstić information content (AvgIpc) is 3.21. The number of primary amides is 1. The van der Waals surface area contributed by atoms with Crippen molar-refractivity contribution in [1.82, 2.24) is 10.3 Å². The van der Waals surface area contributed by atoms with Gasteiger partial charge in [-0.15, -0.1) is 11.3 Å². The van der Waals surface area contributed by atoms with E-state index in [1.807, 2.05) is 0 Å². The van der Waals surface area contributed by atoms with Crippen molar-refractivity contribution < 1.29 is 14.0 Å². The molecule has 3 N–H and O–H groups in total. The normalized spacial score (nSPS) is 21.3. The van der Waals surface area contributed by atoms with Crippen LogP contribution >= 0.6 is 22.9 Å². The minimum atomic E-state index is -0.550. The molecule has 0 spiro atoms. The molecule has 2 fully saturated rings. The third-order valence-corrected chi connectivity index (χ3v) is 5.59. The van der Waals surface area contributed by atoms with E-state index in [4.69, 9.17) is 17.3 Å². The van der Waals surface area contributed by atoms with Gasteiger partial charge >= 0.3 is 0 Å². The van der Waals surface area contributed by atoms with Gasteiger partial charge in [0.15, 0.2) is 0 Å². The third-order valence-electron chi connectivity index (χ3n) is 4.31. The molecule has 2 unspecified atom stereocenters. The molecule has 0 bridgehead atoms. The molecule has 1 saturated carbocycles. The Labute approximate surface area is 153 Å². The number of halogens is 2. The fraction of sp³-hybridized carbons (Fsp3) is 0.353. The van der Waals surface area contributed by atoms with E-state index in [-0.39, 0.29) is 10.9 Å². The van der Waals surface area contributed by atoms with Crippen LogP contribution in [0.4, 0.5) is 4.39 Å². The monoisotopic (exact) mass is 381 g/mol. The van der Waals surface area contributed by atoms with Gasteiger partial charge in [0.1, 0.15) is 15.7 Å². The van der Waals surface area contributed by atoms with Crippen molar-refractivity contribution in [1.29, 1.82) is 0 Å². The number of carbonyl (C=O) groups is 2. The number of carbonyl (C=O) groups excluding carboxylic acids is 2. The summed E-state index contributed by atoms with van der Waals surface area (Å²) in [4.78, 5) is 25.9. The first kappa shape index (κ1) is 17.8. The lowest BCUT2D eigenvalue weighted by molar-refractivity contribution is -0.119. The number of amides is 2. The molecule has 2 aliphatic rings. The lowest BCUT2D eigenvalue weighted by Gasteiger charge is -2.04. The summed E-state index contributed by atoms with van der Waals surface area (Å²) in [7, 11) is 0. The highest BCUT2D eigenvalue weighted by Gasteiger charge is 2.35. The number of aromatic nitrogens is 1. The van der Waals surface area contributed by atoms with Crippen LogP contribution in [0.1, 0.15) is 35.4 Å². The first-order chi connectivity index (χ1) is 11.9. The van der Waals surface area contributed by atoms with Crippen LogP contribution in [0.3, 0.4) is 0 Å². The minimum absolute atomic E-state index is 0.268. The van der Waals surface area contributed by atoms with Gasteiger partial charge in [-0.1, -0.05) is 18.0 Å². The summed E-state index contributed by atoms with van der Waals surface area (Å²) >= 11 is 6.82. The lowest BCUT2D eigenvalue weighted by Crippen LogP contribution is -2.25. The number of benzene rings is 1. The molecule has 2 atom stereocenters. The Morgan fingerprint density at radius 1 is 1.36 bits per heavy atom. The summed E-state index contributed by atoms with van der Waals surface area (Å²) in [5, 5.41) is 3.77. The number of nitrogens with one attached hydrogen (secondary N) is 1. The summed E-state index contributed by atoms with van der Waals surface area (Å²) in [6, 6.07) is 4.63. The fourth-order valence-corrected chi connectivity index (χ4v) is 4.15. The van der Waals surface area contributed by atoms with Gasteiger partial charge < -0.3 is 11.1 Å². The van der Waals surface area contributed by atoms with Gasteiger partial charge in [-0.2, -0.15) is 0 Å². The van der Waals surface area contributed by atoms with Crippen molar-refractivity contribution in [2.24, 2.45) is 11.7 Å². The van der Waals surface area contributed by atoms with Gasteiger partial charge in [0, 0.05) is 23.0 Å². The number of fused-ring (bicyclic) bond motifs is 1. The van der Waals surface area contributed by atoms with Crippen molar-refractivity contribution in [3.63, 3.8) is 0 Å². The molecule has 2 heterocycles. The van der Waals surface area contributed by atoms with Crippen molar-refractivity contribution in [2.45, 2.75) is 31.7 Å². The van der Waals surface area contributed by atoms with Crippen LogP contribution in [-0.4, -0.2) is 22.8 Å². The van der Waals surface area contributed by atoms with Crippen LogP contribution in [-0.2, 0) is 4.79 Å². The minimum Gasteiger partial charge on any atom is -0.365 e. The van der Waals surface area contributed by atoms with Crippen LogP contribution in [0.5, 0.6) is 0 Å². The largest absolute Gasteiger partial charge is 0.365 e. The summed E-state index contributed by atoms with van der Waals surface area (Å²) in [5.74, 6) is -0.0354. The number of rotatable bonds is 2. The second kappa shape index (κ2) is 7.49. The van der Waals surface area contributed by atoms with Crippen molar-refractivity contribution in [3.8, 4) is 10.6 Å². The molecular formula is C17H17ClFN3O2S. The van der Waals surface area contributed by atoms with E-state index in [1.165, 1.54) is 37.6 Å².